The third-order valence-electron chi connectivity index (χ3n) is 13.3. The minimum absolute atomic E-state index is 0.00643. The average Bonchev–Trinajstić information content (AvgIpc) is 3.33. The molecule has 0 heterocycles. The van der Waals surface area contributed by atoms with E-state index >= 15 is 0 Å². The predicted molar refractivity (Wildman–Crippen MR) is 292 cm³/mol. The molecule has 0 saturated carbocycles. The summed E-state index contributed by atoms with van der Waals surface area (Å²) in [6, 6.07) is -0.634. The molecular formula is C61H113NO5. The third kappa shape index (κ3) is 53.0. The first-order valence-electron chi connectivity index (χ1n) is 29.4. The van der Waals surface area contributed by atoms with Gasteiger partial charge in [-0.1, -0.05) is 249 Å². The van der Waals surface area contributed by atoms with Crippen LogP contribution in [0.2, 0.25) is 0 Å². The zero-order valence-corrected chi connectivity index (χ0v) is 44.6. The van der Waals surface area contributed by atoms with Crippen LogP contribution in [0.4, 0.5) is 0 Å². The third-order valence-corrected chi connectivity index (χ3v) is 13.3. The average molecular weight is 941 g/mol. The van der Waals surface area contributed by atoms with E-state index in [-0.39, 0.29) is 18.5 Å². The molecule has 0 aromatic rings. The lowest BCUT2D eigenvalue weighted by Gasteiger charge is -2.20. The van der Waals surface area contributed by atoms with Crippen LogP contribution >= 0.6 is 0 Å². The number of ether oxygens (including phenoxy) is 1. The van der Waals surface area contributed by atoms with E-state index in [0.717, 1.165) is 57.8 Å². The van der Waals surface area contributed by atoms with Crippen molar-refractivity contribution in [1.82, 2.24) is 5.32 Å². The Hall–Kier alpha value is -2.18. The van der Waals surface area contributed by atoms with Gasteiger partial charge in [0, 0.05) is 12.8 Å². The van der Waals surface area contributed by atoms with E-state index in [1.54, 1.807) is 6.08 Å². The number of amides is 1. The Morgan fingerprint density at radius 1 is 0.418 bits per heavy atom. The molecule has 0 rings (SSSR count). The molecule has 0 aliphatic heterocycles. The number of carbonyl (C=O) groups excluding carboxylic acids is 2. The number of nitrogens with one attached hydrogen (secondary N) is 1. The predicted octanol–water partition coefficient (Wildman–Crippen LogP) is 18.2. The van der Waals surface area contributed by atoms with Gasteiger partial charge in [0.1, 0.15) is 0 Å². The van der Waals surface area contributed by atoms with Crippen LogP contribution in [0.1, 0.15) is 303 Å². The number of aliphatic hydroxyl groups is 2. The topological polar surface area (TPSA) is 95.9 Å². The fourth-order valence-electron chi connectivity index (χ4n) is 8.78. The normalized spacial score (nSPS) is 13.0. The first-order valence-corrected chi connectivity index (χ1v) is 29.4. The Kier molecular flexibility index (Phi) is 54.6. The number of hydrogen-bond acceptors (Lipinski definition) is 5. The number of aliphatic hydroxyl groups excluding tert-OH is 2. The van der Waals surface area contributed by atoms with Crippen molar-refractivity contribution in [2.24, 2.45) is 0 Å². The molecule has 0 radical (unpaired) electrons. The minimum Gasteiger partial charge on any atom is -0.466 e. The zero-order chi connectivity index (χ0) is 48.6. The van der Waals surface area contributed by atoms with E-state index in [1.165, 1.54) is 218 Å². The van der Waals surface area contributed by atoms with Crippen molar-refractivity contribution < 1.29 is 24.5 Å². The van der Waals surface area contributed by atoms with Crippen molar-refractivity contribution in [2.75, 3.05) is 13.2 Å². The first-order chi connectivity index (χ1) is 33.0. The molecule has 6 nitrogen and oxygen atoms in total. The maximum Gasteiger partial charge on any atom is 0.305 e. The quantitative estimate of drug-likeness (QED) is 0.0321. The zero-order valence-electron chi connectivity index (χ0n) is 44.6. The fourth-order valence-corrected chi connectivity index (χ4v) is 8.78. The fraction of sp³-hybridized carbons (Fsp3) is 0.836. The van der Waals surface area contributed by atoms with E-state index in [9.17, 15) is 19.8 Å². The molecule has 2 atom stereocenters. The summed E-state index contributed by atoms with van der Waals surface area (Å²) in [4.78, 5) is 24.5. The highest BCUT2D eigenvalue weighted by Gasteiger charge is 2.18. The van der Waals surface area contributed by atoms with Crippen molar-refractivity contribution in [3.63, 3.8) is 0 Å². The van der Waals surface area contributed by atoms with Gasteiger partial charge in [-0.3, -0.25) is 9.59 Å². The molecule has 2 unspecified atom stereocenters. The largest absolute Gasteiger partial charge is 0.466 e. The van der Waals surface area contributed by atoms with Crippen LogP contribution < -0.4 is 5.32 Å². The van der Waals surface area contributed by atoms with Gasteiger partial charge in [-0.15, -0.1) is 0 Å². The van der Waals surface area contributed by atoms with Crippen LogP contribution in [0, 0.1) is 0 Å². The van der Waals surface area contributed by atoms with Crippen molar-refractivity contribution in [2.45, 2.75) is 315 Å². The Morgan fingerprint density at radius 2 is 0.746 bits per heavy atom. The van der Waals surface area contributed by atoms with Gasteiger partial charge in [-0.25, -0.2) is 0 Å². The number of unbranched alkanes of at least 4 members (excludes halogenated alkanes) is 37. The molecule has 1 amide bonds. The Balaban J connectivity index is 3.45. The molecule has 0 fully saturated rings. The lowest BCUT2D eigenvalue weighted by Crippen LogP contribution is -2.45. The molecule has 0 aliphatic rings. The molecule has 67 heavy (non-hydrogen) atoms. The lowest BCUT2D eigenvalue weighted by molar-refractivity contribution is -0.143. The maximum absolute atomic E-state index is 12.4. The van der Waals surface area contributed by atoms with E-state index in [0.29, 0.717) is 19.4 Å². The number of rotatable bonds is 54. The van der Waals surface area contributed by atoms with E-state index in [4.69, 9.17) is 4.74 Å². The van der Waals surface area contributed by atoms with Gasteiger partial charge in [-0.2, -0.15) is 0 Å². The second-order valence-corrected chi connectivity index (χ2v) is 20.0. The standard InChI is InChI=1S/C61H113NO5/c1-3-5-7-9-11-13-15-17-18-27-31-35-39-43-47-51-55-61(66)67-56-52-48-44-40-36-32-28-25-23-21-19-20-22-24-26-30-34-38-42-46-50-54-60(65)62-58(57-63)59(64)53-49-45-41-37-33-29-16-14-12-10-8-6-4-2/h13,15,18,20,22,27,49,53,58-59,63-64H,3-12,14,16-17,19,21,23-26,28-48,50-52,54-57H2,1-2H3,(H,62,65)/b15-13-,22-20-,27-18-,53-49+. The van der Waals surface area contributed by atoms with Gasteiger partial charge in [0.05, 0.1) is 25.4 Å². The van der Waals surface area contributed by atoms with Crippen LogP contribution in [-0.2, 0) is 14.3 Å². The van der Waals surface area contributed by atoms with Crippen LogP contribution in [0.25, 0.3) is 0 Å². The van der Waals surface area contributed by atoms with Crippen molar-refractivity contribution in [1.29, 1.82) is 0 Å². The smallest absolute Gasteiger partial charge is 0.305 e. The van der Waals surface area contributed by atoms with Crippen molar-refractivity contribution >= 4 is 11.9 Å². The summed E-state index contributed by atoms with van der Waals surface area (Å²) < 4.78 is 5.47. The summed E-state index contributed by atoms with van der Waals surface area (Å²) >= 11 is 0. The van der Waals surface area contributed by atoms with Crippen LogP contribution in [-0.4, -0.2) is 47.4 Å². The van der Waals surface area contributed by atoms with E-state index in [1.807, 2.05) is 6.08 Å². The first kappa shape index (κ1) is 64.8. The second-order valence-electron chi connectivity index (χ2n) is 20.0. The summed E-state index contributed by atoms with van der Waals surface area (Å²) in [6.45, 7) is 4.87. The molecule has 0 spiro atoms. The van der Waals surface area contributed by atoms with Crippen molar-refractivity contribution in [3.8, 4) is 0 Å². The van der Waals surface area contributed by atoms with Crippen LogP contribution in [0.15, 0.2) is 48.6 Å². The Morgan fingerprint density at radius 3 is 1.16 bits per heavy atom. The maximum atomic E-state index is 12.4. The minimum atomic E-state index is -0.849. The molecule has 6 heteroatoms. The van der Waals surface area contributed by atoms with E-state index < -0.39 is 12.1 Å². The van der Waals surface area contributed by atoms with Crippen molar-refractivity contribution in [3.05, 3.63) is 48.6 Å². The highest BCUT2D eigenvalue weighted by molar-refractivity contribution is 5.76. The van der Waals surface area contributed by atoms with Gasteiger partial charge >= 0.3 is 5.97 Å². The van der Waals surface area contributed by atoms with Gasteiger partial charge in [0.2, 0.25) is 5.91 Å². The molecule has 0 aliphatic carbocycles. The summed E-state index contributed by atoms with van der Waals surface area (Å²) in [5, 5.41) is 23.1. The Labute approximate surface area is 416 Å². The highest BCUT2D eigenvalue weighted by atomic mass is 16.5. The van der Waals surface area contributed by atoms with Gasteiger partial charge < -0.3 is 20.3 Å². The second kappa shape index (κ2) is 56.4. The van der Waals surface area contributed by atoms with Gasteiger partial charge in [0.25, 0.3) is 0 Å². The van der Waals surface area contributed by atoms with Gasteiger partial charge in [-0.05, 0) is 89.9 Å². The molecular weight excluding hydrogens is 827 g/mol. The molecule has 0 bridgehead atoms. The van der Waals surface area contributed by atoms with Crippen LogP contribution in [0.3, 0.4) is 0 Å². The summed E-state index contributed by atoms with van der Waals surface area (Å²) in [5.74, 6) is -0.0832. The molecule has 392 valence electrons. The summed E-state index contributed by atoms with van der Waals surface area (Å²) in [5.41, 5.74) is 0. The molecule has 0 saturated heterocycles. The van der Waals surface area contributed by atoms with Gasteiger partial charge in [0.15, 0.2) is 0 Å². The molecule has 3 N–H and O–H groups in total. The Bertz CT molecular complexity index is 1130. The molecule has 0 aromatic carbocycles. The van der Waals surface area contributed by atoms with Crippen LogP contribution in [0.5, 0.6) is 0 Å². The highest BCUT2D eigenvalue weighted by Crippen LogP contribution is 2.16. The number of allylic oxidation sites excluding steroid dienone is 7. The monoisotopic (exact) mass is 940 g/mol. The number of hydrogen-bond donors (Lipinski definition) is 3. The van der Waals surface area contributed by atoms with E-state index in [2.05, 4.69) is 55.6 Å². The number of carbonyl (C=O) groups is 2. The number of esters is 1. The summed E-state index contributed by atoms with van der Waals surface area (Å²) in [6.07, 6.45) is 71.3. The molecule has 0 aromatic heterocycles. The SMILES string of the molecule is CCCCCC/C=C\C/C=C\CCCCCCCC(=O)OCCCCCCCCCCCC/C=C\CCCCCCCCCC(=O)NC(CO)C(O)/C=C/CCCCCCCCCCCCC. The summed E-state index contributed by atoms with van der Waals surface area (Å²) in [7, 11) is 0. The lowest BCUT2D eigenvalue weighted by atomic mass is 10.0.